The second-order valence-corrected chi connectivity index (χ2v) is 13.0. The van der Waals surface area contributed by atoms with Gasteiger partial charge in [0.15, 0.2) is 0 Å². The monoisotopic (exact) mass is 468 g/mol. The van der Waals surface area contributed by atoms with Crippen LogP contribution < -0.4 is 5.32 Å². The molecule has 1 amide bonds. The van der Waals surface area contributed by atoms with Gasteiger partial charge in [-0.25, -0.2) is 0 Å². The summed E-state index contributed by atoms with van der Waals surface area (Å²) in [5.41, 5.74) is 0.702. The summed E-state index contributed by atoms with van der Waals surface area (Å²) in [4.78, 5) is 42.0. The molecule has 2 heterocycles. The van der Waals surface area contributed by atoms with Gasteiger partial charge in [-0.2, -0.15) is 0 Å². The van der Waals surface area contributed by atoms with Crippen LogP contribution in [0.1, 0.15) is 66.2 Å². The van der Waals surface area contributed by atoms with Crippen molar-refractivity contribution < 1.29 is 19.1 Å². The van der Waals surface area contributed by atoms with Gasteiger partial charge in [0.05, 0.1) is 11.8 Å². The minimum absolute atomic E-state index is 0.0108. The first-order chi connectivity index (χ1) is 16.1. The van der Waals surface area contributed by atoms with Gasteiger partial charge in [0.1, 0.15) is 0 Å². The van der Waals surface area contributed by atoms with Crippen molar-refractivity contribution in [3.8, 4) is 0 Å². The Morgan fingerprint density at radius 1 is 1.09 bits per heavy atom. The van der Waals surface area contributed by atoms with Crippen molar-refractivity contribution in [1.29, 1.82) is 0 Å². The van der Waals surface area contributed by atoms with Crippen LogP contribution in [-0.4, -0.2) is 48.9 Å². The van der Waals surface area contributed by atoms with Crippen LogP contribution in [0.4, 0.5) is 0 Å². The van der Waals surface area contributed by atoms with Crippen LogP contribution in [0, 0.1) is 51.8 Å². The number of nitrogens with zero attached hydrogens (tertiary/aromatic N) is 1. The van der Waals surface area contributed by atoms with Crippen LogP contribution in [0.15, 0.2) is 11.6 Å². The third-order valence-electron chi connectivity index (χ3n) is 11.3. The SMILES string of the molecule is CC(C)C1=CC23CCC4C(C)(C(=O)N5CCNCC5)CCCC4(C)C2CC1C1C(=O)OC(=O)C13. The highest BCUT2D eigenvalue weighted by Crippen LogP contribution is 2.74. The van der Waals surface area contributed by atoms with Gasteiger partial charge in [-0.15, -0.1) is 0 Å². The number of nitrogens with one attached hydrogen (secondary N) is 1. The predicted octanol–water partition coefficient (Wildman–Crippen LogP) is 3.56. The molecule has 186 valence electrons. The first kappa shape index (κ1) is 22.8. The first-order valence-electron chi connectivity index (χ1n) is 13.6. The van der Waals surface area contributed by atoms with E-state index in [4.69, 9.17) is 4.74 Å². The molecule has 2 saturated heterocycles. The van der Waals surface area contributed by atoms with Crippen LogP contribution >= 0.6 is 0 Å². The molecule has 0 aromatic heterocycles. The lowest BCUT2D eigenvalue weighted by Gasteiger charge is -2.68. The maximum Gasteiger partial charge on any atom is 0.318 e. The van der Waals surface area contributed by atoms with Crippen molar-refractivity contribution in [2.24, 2.45) is 51.8 Å². The Kier molecular flexibility index (Phi) is 4.96. The summed E-state index contributed by atoms with van der Waals surface area (Å²) in [6.45, 7) is 12.4. The highest BCUT2D eigenvalue weighted by atomic mass is 16.6. The fourth-order valence-corrected chi connectivity index (χ4v) is 9.99. The molecule has 2 aliphatic heterocycles. The summed E-state index contributed by atoms with van der Waals surface area (Å²) in [7, 11) is 0. The van der Waals surface area contributed by atoms with E-state index in [1.54, 1.807) is 0 Å². The molecule has 0 aromatic rings. The summed E-state index contributed by atoms with van der Waals surface area (Å²) in [5.74, 6) is 0.223. The van der Waals surface area contributed by atoms with Crippen molar-refractivity contribution in [2.45, 2.75) is 66.2 Å². The lowest BCUT2D eigenvalue weighted by atomic mass is 9.34. The number of rotatable bonds is 2. The van der Waals surface area contributed by atoms with Crippen molar-refractivity contribution >= 4 is 17.8 Å². The van der Waals surface area contributed by atoms with Crippen LogP contribution in [0.2, 0.25) is 0 Å². The number of carbonyl (C=O) groups is 3. The molecule has 1 spiro atoms. The van der Waals surface area contributed by atoms with Crippen LogP contribution in [-0.2, 0) is 19.1 Å². The van der Waals surface area contributed by atoms with Gasteiger partial charge in [0.25, 0.3) is 0 Å². The van der Waals surface area contributed by atoms with Crippen molar-refractivity contribution in [2.75, 3.05) is 26.2 Å². The Morgan fingerprint density at radius 2 is 1.82 bits per heavy atom. The molecule has 6 heteroatoms. The molecule has 6 nitrogen and oxygen atoms in total. The Bertz CT molecular complexity index is 967. The topological polar surface area (TPSA) is 75.7 Å². The number of fused-ring (bicyclic) bond motifs is 1. The van der Waals surface area contributed by atoms with Gasteiger partial charge in [-0.1, -0.05) is 45.8 Å². The quantitative estimate of drug-likeness (QED) is 0.381. The third-order valence-corrected chi connectivity index (χ3v) is 11.3. The molecular formula is C28H40N2O4. The van der Waals surface area contributed by atoms with Gasteiger partial charge < -0.3 is 15.0 Å². The minimum Gasteiger partial charge on any atom is -0.393 e. The minimum atomic E-state index is -0.349. The summed E-state index contributed by atoms with van der Waals surface area (Å²) in [6.07, 6.45) is 8.34. The Morgan fingerprint density at radius 3 is 2.53 bits per heavy atom. The molecular weight excluding hydrogens is 428 g/mol. The van der Waals surface area contributed by atoms with Gasteiger partial charge in [0, 0.05) is 37.0 Å². The molecule has 8 unspecified atom stereocenters. The molecule has 1 N–H and O–H groups in total. The largest absolute Gasteiger partial charge is 0.393 e. The fourth-order valence-electron chi connectivity index (χ4n) is 9.99. The second-order valence-electron chi connectivity index (χ2n) is 13.0. The Balaban J connectivity index is 1.41. The van der Waals surface area contributed by atoms with E-state index in [1.807, 2.05) is 0 Å². The van der Waals surface area contributed by atoms with Gasteiger partial charge in [-0.3, -0.25) is 14.4 Å². The number of piperazine rings is 1. The second kappa shape index (κ2) is 7.41. The maximum absolute atomic E-state index is 14.0. The highest BCUT2D eigenvalue weighted by Gasteiger charge is 2.73. The molecule has 5 fully saturated rings. The summed E-state index contributed by atoms with van der Waals surface area (Å²) in [6, 6.07) is 0. The Hall–Kier alpha value is -1.69. The molecule has 2 bridgehead atoms. The molecule has 0 radical (unpaired) electrons. The van der Waals surface area contributed by atoms with Crippen LogP contribution in [0.3, 0.4) is 0 Å². The van der Waals surface area contributed by atoms with Gasteiger partial charge >= 0.3 is 11.9 Å². The van der Waals surface area contributed by atoms with Crippen molar-refractivity contribution in [3.63, 3.8) is 0 Å². The number of ether oxygens (including phenoxy) is 1. The average molecular weight is 469 g/mol. The standard InChI is InChI=1S/C28H40N2O4/c1-16(2)18-15-28-9-6-19-26(3,20(28)14-17(18)21-22(28)24(32)34-23(21)31)7-5-8-27(19,4)25(33)30-12-10-29-11-13-30/h15-17,19-22,29H,5-14H2,1-4H3. The summed E-state index contributed by atoms with van der Waals surface area (Å²) >= 11 is 0. The number of hydrogen-bond donors (Lipinski definition) is 1. The van der Waals surface area contributed by atoms with E-state index < -0.39 is 0 Å². The number of esters is 2. The number of amides is 1. The third kappa shape index (κ3) is 2.75. The fraction of sp³-hybridized carbons (Fsp3) is 0.821. The summed E-state index contributed by atoms with van der Waals surface area (Å²) in [5, 5.41) is 3.37. The number of hydrogen-bond acceptors (Lipinski definition) is 5. The van der Waals surface area contributed by atoms with E-state index in [0.717, 1.165) is 64.7 Å². The molecule has 7 aliphatic rings. The van der Waals surface area contributed by atoms with E-state index in [1.165, 1.54) is 5.57 Å². The molecule has 8 atom stereocenters. The lowest BCUT2D eigenvalue weighted by molar-refractivity contribution is -0.192. The van der Waals surface area contributed by atoms with Gasteiger partial charge in [0.2, 0.25) is 5.91 Å². The lowest BCUT2D eigenvalue weighted by Crippen LogP contribution is -2.66. The van der Waals surface area contributed by atoms with E-state index >= 15 is 0 Å². The number of allylic oxidation sites excluding steroid dienone is 2. The maximum atomic E-state index is 14.0. The van der Waals surface area contributed by atoms with Crippen molar-refractivity contribution in [3.05, 3.63) is 11.6 Å². The summed E-state index contributed by atoms with van der Waals surface area (Å²) < 4.78 is 5.31. The zero-order valence-electron chi connectivity index (χ0n) is 21.2. The molecule has 7 rings (SSSR count). The molecule has 0 aromatic carbocycles. The first-order valence-corrected chi connectivity index (χ1v) is 13.6. The Labute approximate surface area is 203 Å². The van der Waals surface area contributed by atoms with Crippen molar-refractivity contribution in [1.82, 2.24) is 10.2 Å². The van der Waals surface area contributed by atoms with Gasteiger partial charge in [-0.05, 0) is 61.2 Å². The van der Waals surface area contributed by atoms with E-state index in [-0.39, 0.29) is 45.9 Å². The van der Waals surface area contributed by atoms with Crippen LogP contribution in [0.5, 0.6) is 0 Å². The number of carbonyl (C=O) groups excluding carboxylic acids is 3. The molecule has 3 saturated carbocycles. The zero-order valence-corrected chi connectivity index (χ0v) is 21.2. The van der Waals surface area contributed by atoms with E-state index in [9.17, 15) is 14.4 Å². The van der Waals surface area contributed by atoms with E-state index in [0.29, 0.717) is 23.7 Å². The highest BCUT2D eigenvalue weighted by molar-refractivity contribution is 5.98. The van der Waals surface area contributed by atoms with Crippen LogP contribution in [0.25, 0.3) is 0 Å². The normalized spacial score (nSPS) is 47.6. The zero-order chi connectivity index (χ0) is 24.0. The molecule has 5 aliphatic carbocycles. The average Bonchev–Trinajstić information content (AvgIpc) is 3.14. The predicted molar refractivity (Wildman–Crippen MR) is 127 cm³/mol. The molecule has 34 heavy (non-hydrogen) atoms. The number of cyclic esters (lactones) is 2. The van der Waals surface area contributed by atoms with E-state index in [2.05, 4.69) is 44.0 Å². The smallest absolute Gasteiger partial charge is 0.318 e.